The highest BCUT2D eigenvalue weighted by atomic mass is 16.5. The van der Waals surface area contributed by atoms with E-state index in [0.717, 1.165) is 0 Å². The number of aromatic nitrogens is 1. The zero-order valence-electron chi connectivity index (χ0n) is 12.5. The van der Waals surface area contributed by atoms with Crippen molar-refractivity contribution in [3.05, 3.63) is 18.0 Å². The number of hydrogen-bond acceptors (Lipinski definition) is 8. The van der Waals surface area contributed by atoms with Gasteiger partial charge in [-0.1, -0.05) is 0 Å². The van der Waals surface area contributed by atoms with Crippen LogP contribution < -0.4 is 10.1 Å². The summed E-state index contributed by atoms with van der Waals surface area (Å²) in [5.41, 5.74) is -0.331. The molecule has 0 radical (unpaired) electrons. The van der Waals surface area contributed by atoms with Gasteiger partial charge in [-0.2, -0.15) is 0 Å². The first-order chi connectivity index (χ1) is 10.9. The fourth-order valence-electron chi connectivity index (χ4n) is 2.67. The molecule has 1 aliphatic carbocycles. The second kappa shape index (κ2) is 7.09. The molecule has 0 unspecified atom stereocenters. The van der Waals surface area contributed by atoms with Crippen LogP contribution in [0.1, 0.15) is 16.9 Å². The molecule has 0 bridgehead atoms. The highest BCUT2D eigenvalue weighted by Crippen LogP contribution is 2.29. The minimum atomic E-state index is -1.47. The van der Waals surface area contributed by atoms with E-state index in [9.17, 15) is 25.2 Å². The number of carbonyl (C=O) groups is 1. The van der Waals surface area contributed by atoms with Crippen molar-refractivity contribution in [3.63, 3.8) is 0 Å². The van der Waals surface area contributed by atoms with Gasteiger partial charge in [-0.15, -0.1) is 0 Å². The van der Waals surface area contributed by atoms with Gasteiger partial charge in [0.2, 0.25) is 0 Å². The molecule has 9 heteroatoms. The Morgan fingerprint density at radius 1 is 1.39 bits per heavy atom. The molecule has 0 spiro atoms. The number of ether oxygens (including phenoxy) is 1. The maximum absolute atomic E-state index is 12.2. The highest BCUT2D eigenvalue weighted by molar-refractivity contribution is 5.95. The maximum atomic E-state index is 12.2. The molecule has 128 valence electrons. The van der Waals surface area contributed by atoms with E-state index in [2.05, 4.69) is 10.3 Å². The summed E-state index contributed by atoms with van der Waals surface area (Å²) in [7, 11) is 1.32. The Morgan fingerprint density at radius 3 is 2.70 bits per heavy atom. The minimum absolute atomic E-state index is 0.0111. The van der Waals surface area contributed by atoms with Crippen molar-refractivity contribution in [2.24, 2.45) is 5.92 Å². The highest BCUT2D eigenvalue weighted by Gasteiger charge is 2.43. The van der Waals surface area contributed by atoms with Gasteiger partial charge in [0.15, 0.2) is 17.2 Å². The largest absolute Gasteiger partial charge is 0.503 e. The topological polar surface area (TPSA) is 152 Å². The van der Waals surface area contributed by atoms with Crippen LogP contribution in [0.15, 0.2) is 12.3 Å². The molecule has 1 fully saturated rings. The van der Waals surface area contributed by atoms with Crippen LogP contribution in [0.4, 0.5) is 0 Å². The van der Waals surface area contributed by atoms with Gasteiger partial charge in [-0.3, -0.25) is 4.79 Å². The predicted octanol–water partition coefficient (Wildman–Crippen LogP) is -2.01. The molecule has 0 aliphatic heterocycles. The summed E-state index contributed by atoms with van der Waals surface area (Å²) < 4.78 is 4.88. The first kappa shape index (κ1) is 17.4. The monoisotopic (exact) mass is 328 g/mol. The molecule has 5 atom stereocenters. The van der Waals surface area contributed by atoms with Crippen LogP contribution in [0.5, 0.6) is 11.5 Å². The molecule has 1 aromatic rings. The Bertz CT molecular complexity index is 568. The molecule has 9 nitrogen and oxygen atoms in total. The average Bonchev–Trinajstić information content (AvgIpc) is 2.54. The third-order valence-corrected chi connectivity index (χ3v) is 4.01. The van der Waals surface area contributed by atoms with Gasteiger partial charge in [0.05, 0.1) is 25.4 Å². The molecule has 1 saturated carbocycles. The SMILES string of the molecule is COc1ccnc(C(=O)N[C@@H]2[C@@H](O)[C@H](O)[C@@H](CO)C[C@@H]2O)c1O. The van der Waals surface area contributed by atoms with E-state index >= 15 is 0 Å². The minimum Gasteiger partial charge on any atom is -0.503 e. The number of amides is 1. The summed E-state index contributed by atoms with van der Waals surface area (Å²) in [6.07, 6.45) is -2.65. The summed E-state index contributed by atoms with van der Waals surface area (Å²) in [6.45, 7) is -0.395. The van der Waals surface area contributed by atoms with E-state index in [1.54, 1.807) is 0 Å². The van der Waals surface area contributed by atoms with E-state index < -0.39 is 48.5 Å². The Balaban J connectivity index is 2.17. The van der Waals surface area contributed by atoms with Gasteiger partial charge in [0.1, 0.15) is 6.10 Å². The molecule has 6 N–H and O–H groups in total. The number of methoxy groups -OCH3 is 1. The Kier molecular flexibility index (Phi) is 5.37. The molecule has 1 aliphatic rings. The molecule has 1 aromatic heterocycles. The zero-order valence-corrected chi connectivity index (χ0v) is 12.5. The van der Waals surface area contributed by atoms with Gasteiger partial charge in [0, 0.05) is 24.8 Å². The lowest BCUT2D eigenvalue weighted by Crippen LogP contribution is -2.61. The van der Waals surface area contributed by atoms with Crippen LogP contribution in [0, 0.1) is 5.92 Å². The van der Waals surface area contributed by atoms with Crippen molar-refractivity contribution in [2.45, 2.75) is 30.8 Å². The lowest BCUT2D eigenvalue weighted by atomic mass is 9.80. The lowest BCUT2D eigenvalue weighted by molar-refractivity contribution is -0.112. The van der Waals surface area contributed by atoms with Crippen LogP contribution in [-0.2, 0) is 0 Å². The number of nitrogens with zero attached hydrogens (tertiary/aromatic N) is 1. The van der Waals surface area contributed by atoms with E-state index in [1.165, 1.54) is 19.4 Å². The lowest BCUT2D eigenvalue weighted by Gasteiger charge is -2.40. The summed E-state index contributed by atoms with van der Waals surface area (Å²) in [6, 6.07) is 0.208. The number of pyridine rings is 1. The first-order valence-corrected chi connectivity index (χ1v) is 7.08. The Hall–Kier alpha value is -1.94. The number of aliphatic hydroxyl groups excluding tert-OH is 4. The van der Waals surface area contributed by atoms with Gasteiger partial charge in [-0.25, -0.2) is 4.98 Å². The predicted molar refractivity (Wildman–Crippen MR) is 76.9 cm³/mol. The van der Waals surface area contributed by atoms with Crippen molar-refractivity contribution in [3.8, 4) is 11.5 Å². The third kappa shape index (κ3) is 3.37. The van der Waals surface area contributed by atoms with E-state index in [1.807, 2.05) is 0 Å². The number of aromatic hydroxyl groups is 1. The molecule has 2 rings (SSSR count). The second-order valence-electron chi connectivity index (χ2n) is 5.44. The second-order valence-corrected chi connectivity index (χ2v) is 5.44. The van der Waals surface area contributed by atoms with Crippen LogP contribution >= 0.6 is 0 Å². The van der Waals surface area contributed by atoms with Crippen molar-refractivity contribution >= 4 is 5.91 Å². The standard InChI is InChI=1S/C14H20N2O7/c1-23-8-2-3-15-10(12(8)20)14(22)16-9-7(18)4-6(5-17)11(19)13(9)21/h2-3,6-7,9,11,13,17-21H,4-5H2,1H3,(H,16,22)/t6-,7+,9+,11-,13-/m1/s1. The van der Waals surface area contributed by atoms with Gasteiger partial charge in [-0.05, 0) is 6.42 Å². The fourth-order valence-corrected chi connectivity index (χ4v) is 2.67. The quantitative estimate of drug-likeness (QED) is 0.371. The molecule has 1 amide bonds. The Labute approximate surface area is 132 Å². The molecule has 23 heavy (non-hydrogen) atoms. The number of rotatable bonds is 4. The van der Waals surface area contributed by atoms with Crippen molar-refractivity contribution in [2.75, 3.05) is 13.7 Å². The number of nitrogens with one attached hydrogen (secondary N) is 1. The number of carbonyl (C=O) groups excluding carboxylic acids is 1. The number of hydrogen-bond donors (Lipinski definition) is 6. The molecule has 0 saturated heterocycles. The fraction of sp³-hybridized carbons (Fsp3) is 0.571. The summed E-state index contributed by atoms with van der Waals surface area (Å²) >= 11 is 0. The van der Waals surface area contributed by atoms with E-state index in [0.29, 0.717) is 0 Å². The molecular formula is C14H20N2O7. The molecule has 0 aromatic carbocycles. The van der Waals surface area contributed by atoms with Crippen molar-refractivity contribution in [1.82, 2.24) is 10.3 Å². The normalized spacial score (nSPS) is 30.7. The van der Waals surface area contributed by atoms with Crippen LogP contribution in [0.2, 0.25) is 0 Å². The summed E-state index contributed by atoms with van der Waals surface area (Å²) in [4.78, 5) is 16.0. The first-order valence-electron chi connectivity index (χ1n) is 7.08. The Morgan fingerprint density at radius 2 is 2.09 bits per heavy atom. The van der Waals surface area contributed by atoms with Crippen LogP contribution in [-0.4, -0.2) is 74.5 Å². The van der Waals surface area contributed by atoms with Gasteiger partial charge in [0.25, 0.3) is 5.91 Å². The van der Waals surface area contributed by atoms with Crippen molar-refractivity contribution < 1.29 is 35.1 Å². The van der Waals surface area contributed by atoms with Gasteiger partial charge < -0.3 is 35.6 Å². The molecular weight excluding hydrogens is 308 g/mol. The van der Waals surface area contributed by atoms with Crippen LogP contribution in [0.25, 0.3) is 0 Å². The zero-order chi connectivity index (χ0) is 17.1. The van der Waals surface area contributed by atoms with Gasteiger partial charge >= 0.3 is 0 Å². The summed E-state index contributed by atoms with van der Waals surface area (Å²) in [5, 5.41) is 51.3. The average molecular weight is 328 g/mol. The molecule has 1 heterocycles. The number of aliphatic hydroxyl groups is 4. The van der Waals surface area contributed by atoms with Crippen LogP contribution in [0.3, 0.4) is 0 Å². The van der Waals surface area contributed by atoms with Crippen molar-refractivity contribution in [1.29, 1.82) is 0 Å². The smallest absolute Gasteiger partial charge is 0.274 e. The van der Waals surface area contributed by atoms with E-state index in [-0.39, 0.29) is 17.9 Å². The third-order valence-electron chi connectivity index (χ3n) is 4.01. The maximum Gasteiger partial charge on any atom is 0.274 e. The summed E-state index contributed by atoms with van der Waals surface area (Å²) in [5.74, 6) is -1.94. The van der Waals surface area contributed by atoms with E-state index in [4.69, 9.17) is 9.84 Å².